The maximum absolute atomic E-state index is 15.5. The Bertz CT molecular complexity index is 3340. The number of nitrogens with zero attached hydrogens (tertiary/aromatic N) is 12. The predicted molar refractivity (Wildman–Crippen MR) is 242 cm³/mol. The Kier molecular flexibility index (Phi) is 11.6. The van der Waals surface area contributed by atoms with Crippen molar-refractivity contribution in [2.75, 3.05) is 50.7 Å². The van der Waals surface area contributed by atoms with Crippen LogP contribution in [-0.4, -0.2) is 174 Å². The Hall–Kier alpha value is -7.62. The number of hydrogen-bond donors (Lipinski definition) is 4. The summed E-state index contributed by atoms with van der Waals surface area (Å²) in [5, 5.41) is 29.1. The molecule has 0 aliphatic carbocycles. The standard InChI is InChI=1S/C46H44F8N14O6/c1-43(2,73)41(71)63-15-26(47)32(17-63)65-6-4-28-23(39(65)69)8-21(13-57-28)30-10-20(35-37(55)59-19-60-67(30)35)11-34-61-38(56)36-25(45(49,50)51)12-31(68(36)62-34)22-9-24-29(58-14-22)5-7-66(40(24)70)33-18-64(16-27(33)48)42(72)44(3,74)46(52,53)54/h8-10,12-14,19,26-27,32-33,73-74H,4-7,11,15-18H2,1-3H3,(H2,55,59,60)(H2,56,61,62). The van der Waals surface area contributed by atoms with E-state index in [0.29, 0.717) is 27.4 Å². The summed E-state index contributed by atoms with van der Waals surface area (Å²) in [6, 6.07) is 2.68. The lowest BCUT2D eigenvalue weighted by Gasteiger charge is -2.34. The largest absolute Gasteiger partial charge is 0.426 e. The lowest BCUT2D eigenvalue weighted by Crippen LogP contribution is -2.56. The van der Waals surface area contributed by atoms with E-state index in [-0.39, 0.29) is 97.6 Å². The molecule has 4 aliphatic heterocycles. The maximum Gasteiger partial charge on any atom is 0.426 e. The highest BCUT2D eigenvalue weighted by Gasteiger charge is 2.59. The van der Waals surface area contributed by atoms with Gasteiger partial charge in [0.2, 0.25) is 5.60 Å². The van der Waals surface area contributed by atoms with E-state index >= 15 is 8.78 Å². The number of anilines is 2. The predicted octanol–water partition coefficient (Wildman–Crippen LogP) is 2.85. The summed E-state index contributed by atoms with van der Waals surface area (Å²) >= 11 is 0. The first-order valence-electron chi connectivity index (χ1n) is 23.0. The molecule has 4 aliphatic rings. The van der Waals surface area contributed by atoms with Gasteiger partial charge in [0.15, 0.2) is 17.5 Å². The number of rotatable bonds is 8. The van der Waals surface area contributed by atoms with Crippen molar-refractivity contribution >= 4 is 46.3 Å². The van der Waals surface area contributed by atoms with Crippen molar-refractivity contribution in [2.24, 2.45) is 0 Å². The number of likely N-dealkylation sites (tertiary alicyclic amines) is 2. The molecule has 0 aromatic carbocycles. The maximum atomic E-state index is 15.5. The van der Waals surface area contributed by atoms with E-state index in [1.165, 1.54) is 53.0 Å². The lowest BCUT2D eigenvalue weighted by atomic mass is 9.99. The van der Waals surface area contributed by atoms with E-state index in [1.54, 1.807) is 12.1 Å². The fourth-order valence-corrected chi connectivity index (χ4v) is 10.2. The molecule has 0 spiro atoms. The number of fused-ring (bicyclic) bond motifs is 4. The molecule has 2 fully saturated rings. The quantitative estimate of drug-likeness (QED) is 0.160. The molecule has 6 N–H and O–H groups in total. The minimum atomic E-state index is -5.38. The smallest absolute Gasteiger partial charge is 0.382 e. The second-order valence-corrected chi connectivity index (χ2v) is 19.4. The highest BCUT2D eigenvalue weighted by molar-refractivity contribution is 5.99. The highest BCUT2D eigenvalue weighted by Crippen LogP contribution is 2.41. The first-order chi connectivity index (χ1) is 34.6. The van der Waals surface area contributed by atoms with Crippen LogP contribution in [0.25, 0.3) is 33.5 Å². The molecule has 6 aromatic rings. The number of nitrogens with two attached hydrogens (primary N) is 2. The Morgan fingerprint density at radius 2 is 1.23 bits per heavy atom. The topological polar surface area (TPSA) is 260 Å². The van der Waals surface area contributed by atoms with E-state index < -0.39 is 102 Å². The zero-order chi connectivity index (χ0) is 53.3. The molecule has 20 nitrogen and oxygen atoms in total. The van der Waals surface area contributed by atoms with Crippen LogP contribution < -0.4 is 11.5 Å². The van der Waals surface area contributed by atoms with Crippen molar-refractivity contribution in [3.05, 3.63) is 82.5 Å². The molecule has 10 heterocycles. The van der Waals surface area contributed by atoms with Crippen molar-refractivity contribution in [1.29, 1.82) is 0 Å². The van der Waals surface area contributed by atoms with Crippen LogP contribution in [0.15, 0.2) is 43.0 Å². The van der Waals surface area contributed by atoms with Crippen molar-refractivity contribution in [3.63, 3.8) is 0 Å². The number of amides is 4. The van der Waals surface area contributed by atoms with Gasteiger partial charge >= 0.3 is 12.4 Å². The Balaban J connectivity index is 0.969. The average Bonchev–Trinajstić information content (AvgIpc) is 4.12. The molecular weight excluding hydrogens is 997 g/mol. The lowest BCUT2D eigenvalue weighted by molar-refractivity contribution is -0.249. The van der Waals surface area contributed by atoms with Crippen LogP contribution in [0.5, 0.6) is 0 Å². The van der Waals surface area contributed by atoms with Crippen LogP contribution in [0.1, 0.15) is 69.8 Å². The summed E-state index contributed by atoms with van der Waals surface area (Å²) in [7, 11) is 0. The van der Waals surface area contributed by atoms with Crippen molar-refractivity contribution < 1.29 is 64.5 Å². The van der Waals surface area contributed by atoms with E-state index in [9.17, 15) is 55.7 Å². The SMILES string of the molecule is CC(C)(O)C(=O)N1CC(F)C(N2CCc3ncc(-c4cc(Cc5nc(N)c6c(C(F)(F)F)cc(-c7cnc8c(c7)C(=O)N(C7CN(C(=O)C(C)(O)C(F)(F)F)CC7F)CC8)n6n5)c5c(N)ncnn45)cc3C2=O)C1. The third kappa shape index (κ3) is 8.22. The Morgan fingerprint density at radius 1 is 0.703 bits per heavy atom. The normalized spacial score (nSPS) is 21.5. The van der Waals surface area contributed by atoms with E-state index in [4.69, 9.17) is 11.5 Å². The molecule has 0 saturated carbocycles. The summed E-state index contributed by atoms with van der Waals surface area (Å²) in [6.07, 6.45) is -10.1. The zero-order valence-electron chi connectivity index (χ0n) is 39.3. The van der Waals surface area contributed by atoms with Crippen molar-refractivity contribution in [3.8, 4) is 22.5 Å². The Morgan fingerprint density at radius 3 is 1.74 bits per heavy atom. The first kappa shape index (κ1) is 49.9. The number of hydrogen-bond acceptors (Lipinski definition) is 14. The van der Waals surface area contributed by atoms with Gasteiger partial charge in [-0.2, -0.15) is 36.5 Å². The number of aliphatic hydroxyl groups is 2. The molecule has 0 bridgehead atoms. The van der Waals surface area contributed by atoms with Gasteiger partial charge in [-0.25, -0.2) is 27.8 Å². The second kappa shape index (κ2) is 17.2. The van der Waals surface area contributed by atoms with Gasteiger partial charge in [0.1, 0.15) is 35.3 Å². The van der Waals surface area contributed by atoms with Gasteiger partial charge in [-0.15, -0.1) is 0 Å². The molecule has 28 heteroatoms. The summed E-state index contributed by atoms with van der Waals surface area (Å²) in [6.45, 7) is 0.800. The van der Waals surface area contributed by atoms with Gasteiger partial charge in [0, 0.05) is 69.0 Å². The van der Waals surface area contributed by atoms with Gasteiger partial charge < -0.3 is 41.3 Å². The summed E-state index contributed by atoms with van der Waals surface area (Å²) in [5.41, 5.74) is 6.74. The van der Waals surface area contributed by atoms with Gasteiger partial charge in [0.25, 0.3) is 23.6 Å². The van der Waals surface area contributed by atoms with Crippen LogP contribution in [0.3, 0.4) is 0 Å². The van der Waals surface area contributed by atoms with Crippen LogP contribution in [0.4, 0.5) is 46.8 Å². The summed E-state index contributed by atoms with van der Waals surface area (Å²) in [4.78, 5) is 74.9. The average molecular weight is 1040 g/mol. The van der Waals surface area contributed by atoms with E-state index in [0.717, 1.165) is 15.5 Å². The molecule has 0 radical (unpaired) electrons. The molecule has 10 rings (SSSR count). The third-order valence-electron chi connectivity index (χ3n) is 14.0. The molecule has 6 aromatic heterocycles. The van der Waals surface area contributed by atoms with E-state index in [2.05, 4.69) is 30.1 Å². The zero-order valence-corrected chi connectivity index (χ0v) is 39.3. The van der Waals surface area contributed by atoms with Gasteiger partial charge in [-0.05, 0) is 50.6 Å². The first-order valence-corrected chi connectivity index (χ1v) is 23.0. The number of nitrogen functional groups attached to an aromatic ring is 2. The van der Waals surface area contributed by atoms with Crippen molar-refractivity contribution in [1.82, 2.24) is 58.8 Å². The number of pyridine rings is 2. The molecule has 5 unspecified atom stereocenters. The van der Waals surface area contributed by atoms with E-state index in [1.807, 2.05) is 0 Å². The monoisotopic (exact) mass is 1040 g/mol. The van der Waals surface area contributed by atoms with Gasteiger partial charge in [-0.3, -0.25) is 29.1 Å². The van der Waals surface area contributed by atoms with Crippen LogP contribution in [-0.2, 0) is 35.0 Å². The molecule has 74 heavy (non-hydrogen) atoms. The van der Waals surface area contributed by atoms with Crippen LogP contribution >= 0.6 is 0 Å². The minimum absolute atomic E-state index is 0.00435. The number of carbonyl (C=O) groups excluding carboxylic acids is 4. The third-order valence-corrected chi connectivity index (χ3v) is 14.0. The van der Waals surface area contributed by atoms with Crippen molar-refractivity contribution in [2.45, 2.75) is 88.0 Å². The molecule has 390 valence electrons. The second-order valence-electron chi connectivity index (χ2n) is 19.4. The Labute approximate surface area is 412 Å². The summed E-state index contributed by atoms with van der Waals surface area (Å²) < 4.78 is 118. The number of halogens is 8. The number of carbonyl (C=O) groups is 4. The van der Waals surface area contributed by atoms with Gasteiger partial charge in [-0.1, -0.05) is 0 Å². The fraction of sp³-hybridized carbons (Fsp3) is 0.435. The molecule has 4 amide bonds. The number of aromatic nitrogens is 8. The molecule has 2 saturated heterocycles. The molecular formula is C46H44F8N14O6. The number of alkyl halides is 8. The van der Waals surface area contributed by atoms with Gasteiger partial charge in [0.05, 0.1) is 64.6 Å². The van der Waals surface area contributed by atoms with Crippen LogP contribution in [0, 0.1) is 0 Å². The summed E-state index contributed by atoms with van der Waals surface area (Å²) in [5.74, 6) is -4.66. The minimum Gasteiger partial charge on any atom is -0.382 e. The highest BCUT2D eigenvalue weighted by atomic mass is 19.4. The van der Waals surface area contributed by atoms with Crippen LogP contribution in [0.2, 0.25) is 0 Å². The molecule has 5 atom stereocenters. The fourth-order valence-electron chi connectivity index (χ4n) is 10.2.